The van der Waals surface area contributed by atoms with Crippen LogP contribution in [0.1, 0.15) is 28.1 Å². The fourth-order valence-electron chi connectivity index (χ4n) is 2.48. The Hall–Kier alpha value is -2.77. The molecule has 0 saturated heterocycles. The number of carbonyl (C=O) groups excluding carboxylic acids is 1. The summed E-state index contributed by atoms with van der Waals surface area (Å²) in [6, 6.07) is 13.0. The number of aryl methyl sites for hydroxylation is 1. The lowest BCUT2D eigenvalue weighted by Gasteiger charge is -2.01. The van der Waals surface area contributed by atoms with Crippen LogP contribution in [0.4, 0.5) is 0 Å². The number of ketones is 1. The van der Waals surface area contributed by atoms with Gasteiger partial charge in [0.2, 0.25) is 5.78 Å². The third-order valence-corrected chi connectivity index (χ3v) is 3.82. The average Bonchev–Trinajstić information content (AvgIpc) is 2.90. The van der Waals surface area contributed by atoms with Gasteiger partial charge in [-0.05, 0) is 42.8 Å². The smallest absolute Gasteiger partial charge is 0.228 e. The van der Waals surface area contributed by atoms with Gasteiger partial charge in [0.05, 0.1) is 6.07 Å². The maximum Gasteiger partial charge on any atom is 0.228 e. The number of rotatable bonds is 4. The summed E-state index contributed by atoms with van der Waals surface area (Å²) in [6.45, 7) is 0. The number of benzene rings is 2. The van der Waals surface area contributed by atoms with Gasteiger partial charge in [0.15, 0.2) is 11.5 Å². The Morgan fingerprint density at radius 2 is 1.91 bits per heavy atom. The summed E-state index contributed by atoms with van der Waals surface area (Å²) in [6.07, 6.45) is 0.644. The van der Waals surface area contributed by atoms with Gasteiger partial charge in [-0.25, -0.2) is 0 Å². The van der Waals surface area contributed by atoms with Crippen LogP contribution in [0.2, 0.25) is 5.02 Å². The second-order valence-electron chi connectivity index (χ2n) is 5.06. The molecule has 0 N–H and O–H groups in total. The van der Waals surface area contributed by atoms with E-state index in [1.165, 1.54) is 12.1 Å². The largest absolute Gasteiger partial charge is 0.452 e. The van der Waals surface area contributed by atoms with E-state index in [1.807, 2.05) is 0 Å². The molecule has 0 unspecified atom stereocenters. The first-order chi connectivity index (χ1) is 11.1. The molecule has 1 heterocycles. The molecule has 1 radical (unpaired) electrons. The summed E-state index contributed by atoms with van der Waals surface area (Å²) in [5.74, 6) is -0.315. The molecule has 0 aliphatic rings. The molecule has 3 rings (SSSR count). The molecule has 0 atom stereocenters. The van der Waals surface area contributed by atoms with Gasteiger partial charge in [-0.3, -0.25) is 9.90 Å². The lowest BCUT2D eigenvalue weighted by Crippen LogP contribution is -2.03. The molecule has 23 heavy (non-hydrogen) atoms. The predicted molar refractivity (Wildman–Crippen MR) is 85.2 cm³/mol. The molecule has 113 valence electrons. The highest BCUT2D eigenvalue weighted by molar-refractivity contribution is 6.30. The van der Waals surface area contributed by atoms with Gasteiger partial charge in [-0.2, -0.15) is 5.26 Å². The Morgan fingerprint density at radius 3 is 2.61 bits per heavy atom. The summed E-state index contributed by atoms with van der Waals surface area (Å²) < 4.78 is 5.63. The van der Waals surface area contributed by atoms with Crippen LogP contribution in [-0.2, 0) is 11.5 Å². The van der Waals surface area contributed by atoms with Gasteiger partial charge < -0.3 is 4.42 Å². The lowest BCUT2D eigenvalue weighted by atomic mass is 10.0. The Bertz CT molecular complexity index is 920. The van der Waals surface area contributed by atoms with Crippen LogP contribution in [0.3, 0.4) is 0 Å². The lowest BCUT2D eigenvalue weighted by molar-refractivity contribution is 0.101. The van der Waals surface area contributed by atoms with E-state index in [9.17, 15) is 9.90 Å². The average molecular weight is 325 g/mol. The highest BCUT2D eigenvalue weighted by Crippen LogP contribution is 2.31. The molecule has 4 nitrogen and oxygen atoms in total. The van der Waals surface area contributed by atoms with Gasteiger partial charge >= 0.3 is 0 Å². The Morgan fingerprint density at radius 1 is 1.17 bits per heavy atom. The first kappa shape index (κ1) is 15.1. The van der Waals surface area contributed by atoms with Crippen LogP contribution in [0, 0.1) is 11.3 Å². The van der Waals surface area contributed by atoms with E-state index >= 15 is 0 Å². The van der Waals surface area contributed by atoms with Gasteiger partial charge in [-0.15, -0.1) is 0 Å². The third kappa shape index (κ3) is 2.92. The van der Waals surface area contributed by atoms with E-state index in [-0.39, 0.29) is 23.7 Å². The van der Waals surface area contributed by atoms with Crippen molar-refractivity contribution in [3.05, 3.63) is 64.4 Å². The minimum Gasteiger partial charge on any atom is -0.452 e. The molecule has 3 aromatic rings. The molecular weight excluding hydrogens is 314 g/mol. The summed E-state index contributed by atoms with van der Waals surface area (Å²) in [7, 11) is 0. The fourth-order valence-corrected chi connectivity index (χ4v) is 2.60. The second kappa shape index (κ2) is 6.15. The SMILES string of the molecule is N#CCCc1c(C(=O)c2ccc(Cl)cc2)oc2cc([O])ccc12. The van der Waals surface area contributed by atoms with E-state index in [0.717, 1.165) is 0 Å². The van der Waals surface area contributed by atoms with E-state index in [0.29, 0.717) is 33.5 Å². The molecular formula is C18H11ClNO3. The molecule has 0 aliphatic heterocycles. The molecule has 1 aromatic heterocycles. The third-order valence-electron chi connectivity index (χ3n) is 3.56. The summed E-state index contributed by atoms with van der Waals surface area (Å²) in [5, 5.41) is 21.5. The Kier molecular flexibility index (Phi) is 4.05. The maximum atomic E-state index is 12.7. The van der Waals surface area contributed by atoms with Crippen molar-refractivity contribution in [2.24, 2.45) is 0 Å². The first-order valence-electron chi connectivity index (χ1n) is 7.00. The normalized spacial score (nSPS) is 10.6. The summed E-state index contributed by atoms with van der Waals surface area (Å²) >= 11 is 5.84. The van der Waals surface area contributed by atoms with Crippen molar-refractivity contribution in [1.29, 1.82) is 5.26 Å². The molecule has 0 fully saturated rings. The number of halogens is 1. The van der Waals surface area contributed by atoms with Crippen molar-refractivity contribution >= 4 is 28.4 Å². The van der Waals surface area contributed by atoms with Crippen molar-refractivity contribution < 1.29 is 14.3 Å². The number of nitrogens with zero attached hydrogens (tertiary/aromatic N) is 1. The predicted octanol–water partition coefficient (Wildman–Crippen LogP) is 4.92. The van der Waals surface area contributed by atoms with Crippen molar-refractivity contribution in [3.8, 4) is 11.8 Å². The van der Waals surface area contributed by atoms with Crippen LogP contribution in [-0.4, -0.2) is 5.78 Å². The zero-order chi connectivity index (χ0) is 16.4. The van der Waals surface area contributed by atoms with E-state index < -0.39 is 0 Å². The van der Waals surface area contributed by atoms with E-state index in [1.54, 1.807) is 30.3 Å². The van der Waals surface area contributed by atoms with Crippen molar-refractivity contribution in [2.75, 3.05) is 0 Å². The standard InChI is InChI=1S/C18H11ClNO3/c19-12-5-3-11(4-6-12)17(22)18-15(2-1-9-20)14-8-7-13(21)10-16(14)23-18/h3-8,10H,1-2H2. The summed E-state index contributed by atoms with van der Waals surface area (Å²) in [5.41, 5.74) is 1.46. The molecule has 0 saturated carbocycles. The fraction of sp³-hybridized carbons (Fsp3) is 0.111. The highest BCUT2D eigenvalue weighted by atomic mass is 35.5. The topological polar surface area (TPSA) is 73.9 Å². The van der Waals surface area contributed by atoms with Gasteiger partial charge in [0, 0.05) is 34.0 Å². The highest BCUT2D eigenvalue weighted by Gasteiger charge is 2.22. The van der Waals surface area contributed by atoms with Gasteiger partial charge in [-0.1, -0.05) is 11.6 Å². The first-order valence-corrected chi connectivity index (χ1v) is 7.37. The minimum atomic E-state index is -0.293. The maximum absolute atomic E-state index is 12.7. The van der Waals surface area contributed by atoms with Crippen LogP contribution in [0.15, 0.2) is 46.9 Å². The molecule has 0 aliphatic carbocycles. The number of hydrogen-bond acceptors (Lipinski definition) is 3. The second-order valence-corrected chi connectivity index (χ2v) is 5.50. The molecule has 0 bridgehead atoms. The molecule has 0 spiro atoms. The monoisotopic (exact) mass is 324 g/mol. The number of furan rings is 1. The Labute approximate surface area is 137 Å². The Balaban J connectivity index is 2.13. The number of nitriles is 1. The van der Waals surface area contributed by atoms with Crippen LogP contribution < -0.4 is 0 Å². The van der Waals surface area contributed by atoms with E-state index in [2.05, 4.69) is 6.07 Å². The summed E-state index contributed by atoms with van der Waals surface area (Å²) in [4.78, 5) is 12.7. The van der Waals surface area contributed by atoms with Crippen molar-refractivity contribution in [3.63, 3.8) is 0 Å². The minimum absolute atomic E-state index is 0.170. The van der Waals surface area contributed by atoms with Crippen LogP contribution >= 0.6 is 11.6 Å². The number of fused-ring (bicyclic) bond motifs is 1. The van der Waals surface area contributed by atoms with Gasteiger partial charge in [0.25, 0.3) is 0 Å². The molecule has 5 heteroatoms. The molecule has 2 aromatic carbocycles. The van der Waals surface area contributed by atoms with E-state index in [4.69, 9.17) is 21.3 Å². The van der Waals surface area contributed by atoms with Gasteiger partial charge in [0.1, 0.15) is 5.58 Å². The number of hydrogen-bond donors (Lipinski definition) is 0. The zero-order valence-corrected chi connectivity index (χ0v) is 12.8. The molecule has 0 amide bonds. The van der Waals surface area contributed by atoms with Crippen LogP contribution in [0.25, 0.3) is 11.0 Å². The number of carbonyl (C=O) groups is 1. The quantitative estimate of drug-likeness (QED) is 0.639. The van der Waals surface area contributed by atoms with Crippen molar-refractivity contribution in [2.45, 2.75) is 12.8 Å². The van der Waals surface area contributed by atoms with Crippen molar-refractivity contribution in [1.82, 2.24) is 0 Å². The van der Waals surface area contributed by atoms with Crippen LogP contribution in [0.5, 0.6) is 5.75 Å². The zero-order valence-electron chi connectivity index (χ0n) is 12.0.